The third-order valence-corrected chi connectivity index (χ3v) is 4.96. The Kier molecular flexibility index (Phi) is 4.94. The fourth-order valence-corrected chi connectivity index (χ4v) is 3.68. The summed E-state index contributed by atoms with van der Waals surface area (Å²) >= 11 is 0. The zero-order valence-electron chi connectivity index (χ0n) is 15.8. The highest BCUT2D eigenvalue weighted by atomic mass is 16.5. The summed E-state index contributed by atoms with van der Waals surface area (Å²) in [6.07, 6.45) is 7.62. The minimum Gasteiger partial charge on any atom is -0.461 e. The molecule has 0 N–H and O–H groups in total. The minimum atomic E-state index is -0.782. The highest BCUT2D eigenvalue weighted by Gasteiger charge is 2.43. The second-order valence-corrected chi connectivity index (χ2v) is 6.74. The van der Waals surface area contributed by atoms with Crippen LogP contribution < -0.4 is 4.74 Å². The number of allylic oxidation sites excluding steroid dienone is 5. The first-order valence-corrected chi connectivity index (χ1v) is 9.39. The predicted octanol–water partition coefficient (Wildman–Crippen LogP) is 5.08. The number of nitrogens with zero attached hydrogens (tertiary/aromatic N) is 2. The largest absolute Gasteiger partial charge is 0.461 e. The molecular formula is C24H22N2O2. The van der Waals surface area contributed by atoms with E-state index in [1.54, 1.807) is 6.08 Å². The van der Waals surface area contributed by atoms with Crippen molar-refractivity contribution in [1.29, 1.82) is 0 Å². The number of rotatable bonds is 5. The first-order chi connectivity index (χ1) is 13.7. The van der Waals surface area contributed by atoms with Crippen molar-refractivity contribution in [1.82, 2.24) is 5.01 Å². The SMILES string of the molecule is C=C/C=C(\C=C/C)C1=NN2C(C(=O)c3ccccc3)Oc3ccccc3C2C1. The van der Waals surface area contributed by atoms with Crippen LogP contribution in [0.25, 0.3) is 0 Å². The van der Waals surface area contributed by atoms with Crippen molar-refractivity contribution in [3.05, 3.63) is 102 Å². The van der Waals surface area contributed by atoms with Crippen molar-refractivity contribution in [3.8, 4) is 5.75 Å². The van der Waals surface area contributed by atoms with Crippen LogP contribution in [0, 0.1) is 0 Å². The fourth-order valence-electron chi connectivity index (χ4n) is 3.68. The molecule has 2 aliphatic heterocycles. The summed E-state index contributed by atoms with van der Waals surface area (Å²) in [6, 6.07) is 17.1. The van der Waals surface area contributed by atoms with Gasteiger partial charge in [-0.15, -0.1) is 0 Å². The molecular weight excluding hydrogens is 348 g/mol. The van der Waals surface area contributed by atoms with Crippen LogP contribution in [0.4, 0.5) is 0 Å². The lowest BCUT2D eigenvalue weighted by atomic mass is 9.95. The number of ketones is 1. The van der Waals surface area contributed by atoms with Crippen LogP contribution in [-0.2, 0) is 0 Å². The predicted molar refractivity (Wildman–Crippen MR) is 111 cm³/mol. The van der Waals surface area contributed by atoms with E-state index in [1.807, 2.05) is 84.8 Å². The van der Waals surface area contributed by atoms with Gasteiger partial charge in [0.2, 0.25) is 5.78 Å². The molecule has 4 rings (SSSR count). The molecule has 0 amide bonds. The molecule has 2 aromatic rings. The summed E-state index contributed by atoms with van der Waals surface area (Å²) in [5.74, 6) is 0.653. The molecule has 4 heteroatoms. The first-order valence-electron chi connectivity index (χ1n) is 9.39. The summed E-state index contributed by atoms with van der Waals surface area (Å²) in [6.45, 7) is 5.78. The lowest BCUT2D eigenvalue weighted by Crippen LogP contribution is -2.45. The van der Waals surface area contributed by atoms with Gasteiger partial charge in [0.15, 0.2) is 0 Å². The van der Waals surface area contributed by atoms with Gasteiger partial charge in [0.25, 0.3) is 6.23 Å². The first kappa shape index (κ1) is 18.0. The summed E-state index contributed by atoms with van der Waals surface area (Å²) in [7, 11) is 0. The van der Waals surface area contributed by atoms with Gasteiger partial charge in [0.05, 0.1) is 11.8 Å². The third kappa shape index (κ3) is 3.18. The van der Waals surface area contributed by atoms with Crippen molar-refractivity contribution in [2.75, 3.05) is 0 Å². The minimum absolute atomic E-state index is 0.0314. The van der Waals surface area contributed by atoms with Crippen LogP contribution in [0.3, 0.4) is 0 Å². The smallest absolute Gasteiger partial charge is 0.251 e. The van der Waals surface area contributed by atoms with E-state index in [0.29, 0.717) is 12.0 Å². The van der Waals surface area contributed by atoms with Gasteiger partial charge in [0.1, 0.15) is 5.75 Å². The number of benzene rings is 2. The second kappa shape index (κ2) is 7.69. The Morgan fingerprint density at radius 3 is 2.68 bits per heavy atom. The number of fused-ring (bicyclic) bond motifs is 3. The number of hydrogen-bond acceptors (Lipinski definition) is 4. The zero-order valence-corrected chi connectivity index (χ0v) is 15.8. The van der Waals surface area contributed by atoms with Crippen molar-refractivity contribution in [2.24, 2.45) is 5.10 Å². The van der Waals surface area contributed by atoms with Crippen LogP contribution in [0.5, 0.6) is 5.75 Å². The van der Waals surface area contributed by atoms with E-state index in [-0.39, 0.29) is 11.8 Å². The molecule has 0 saturated carbocycles. The van der Waals surface area contributed by atoms with Gasteiger partial charge in [-0.25, -0.2) is 5.01 Å². The molecule has 0 aromatic heterocycles. The molecule has 2 heterocycles. The lowest BCUT2D eigenvalue weighted by Gasteiger charge is -2.37. The molecule has 2 unspecified atom stereocenters. The Morgan fingerprint density at radius 2 is 1.93 bits per heavy atom. The molecule has 0 radical (unpaired) electrons. The average Bonchev–Trinajstić information content (AvgIpc) is 3.19. The molecule has 0 saturated heterocycles. The number of para-hydroxylation sites is 1. The van der Waals surface area contributed by atoms with E-state index in [0.717, 1.165) is 22.6 Å². The Bertz CT molecular complexity index is 989. The van der Waals surface area contributed by atoms with Crippen molar-refractivity contribution in [2.45, 2.75) is 25.6 Å². The standard InChI is InChI=1S/C24H22N2O2/c1-3-10-17(11-4-2)20-16-21-19-14-8-9-15-22(19)28-24(26(21)25-20)23(27)18-12-6-5-7-13-18/h3-15,21,24H,1,16H2,2H3/b11-4-,17-10+. The summed E-state index contributed by atoms with van der Waals surface area (Å²) < 4.78 is 6.12. The van der Waals surface area contributed by atoms with Crippen molar-refractivity contribution < 1.29 is 9.53 Å². The monoisotopic (exact) mass is 370 g/mol. The second-order valence-electron chi connectivity index (χ2n) is 6.74. The average molecular weight is 370 g/mol. The maximum absolute atomic E-state index is 13.2. The van der Waals surface area contributed by atoms with Crippen LogP contribution in [0.15, 0.2) is 96.2 Å². The van der Waals surface area contributed by atoms with Crippen LogP contribution in [0.2, 0.25) is 0 Å². The summed E-state index contributed by atoms with van der Waals surface area (Å²) in [5.41, 5.74) is 3.59. The maximum Gasteiger partial charge on any atom is 0.251 e. The van der Waals surface area contributed by atoms with Gasteiger partial charge < -0.3 is 4.74 Å². The molecule has 0 bridgehead atoms. The van der Waals surface area contributed by atoms with E-state index in [4.69, 9.17) is 9.84 Å². The van der Waals surface area contributed by atoms with Gasteiger partial charge >= 0.3 is 0 Å². The molecule has 2 atom stereocenters. The van der Waals surface area contributed by atoms with Crippen molar-refractivity contribution in [3.63, 3.8) is 0 Å². The van der Waals surface area contributed by atoms with Gasteiger partial charge in [-0.05, 0) is 18.6 Å². The van der Waals surface area contributed by atoms with Crippen LogP contribution >= 0.6 is 0 Å². The molecule has 2 aliphatic rings. The molecule has 140 valence electrons. The van der Waals surface area contributed by atoms with E-state index in [1.165, 1.54) is 0 Å². The molecule has 0 spiro atoms. The zero-order chi connectivity index (χ0) is 19.5. The number of carbonyl (C=O) groups excluding carboxylic acids is 1. The summed E-state index contributed by atoms with van der Waals surface area (Å²) in [4.78, 5) is 13.2. The molecule has 28 heavy (non-hydrogen) atoms. The molecule has 0 fully saturated rings. The Balaban J connectivity index is 1.77. The number of Topliss-reactive ketones (excluding diaryl/α,β-unsaturated/α-hetero) is 1. The van der Waals surface area contributed by atoms with E-state index in [9.17, 15) is 4.79 Å². The van der Waals surface area contributed by atoms with E-state index >= 15 is 0 Å². The van der Waals surface area contributed by atoms with E-state index < -0.39 is 6.23 Å². The quantitative estimate of drug-likeness (QED) is 0.544. The third-order valence-electron chi connectivity index (χ3n) is 4.96. The maximum atomic E-state index is 13.2. The number of hydrogen-bond donors (Lipinski definition) is 0. The topological polar surface area (TPSA) is 41.9 Å². The highest BCUT2D eigenvalue weighted by molar-refractivity contribution is 6.05. The highest BCUT2D eigenvalue weighted by Crippen LogP contribution is 2.43. The fraction of sp³-hybridized carbons (Fsp3) is 0.167. The molecule has 4 nitrogen and oxygen atoms in total. The van der Waals surface area contributed by atoms with Gasteiger partial charge in [-0.1, -0.05) is 79.4 Å². The van der Waals surface area contributed by atoms with Gasteiger partial charge in [0, 0.05) is 17.5 Å². The lowest BCUT2D eigenvalue weighted by molar-refractivity contribution is -0.00455. The van der Waals surface area contributed by atoms with Crippen LogP contribution in [-0.4, -0.2) is 22.7 Å². The molecule has 0 aliphatic carbocycles. The molecule has 2 aromatic carbocycles. The Hall–Kier alpha value is -3.40. The van der Waals surface area contributed by atoms with Gasteiger partial charge in [-0.3, -0.25) is 4.79 Å². The van der Waals surface area contributed by atoms with Crippen LogP contribution in [0.1, 0.15) is 35.3 Å². The number of carbonyl (C=O) groups is 1. The summed E-state index contributed by atoms with van der Waals surface area (Å²) in [5, 5.41) is 6.62. The van der Waals surface area contributed by atoms with Crippen molar-refractivity contribution >= 4 is 11.5 Å². The number of hydrazone groups is 1. The Morgan fingerprint density at radius 1 is 1.18 bits per heavy atom. The van der Waals surface area contributed by atoms with Gasteiger partial charge in [-0.2, -0.15) is 5.10 Å². The van der Waals surface area contributed by atoms with E-state index in [2.05, 4.69) is 6.58 Å². The number of ether oxygens (including phenoxy) is 1. The Labute approximate surface area is 165 Å². The normalized spacial score (nSPS) is 21.0.